The van der Waals surface area contributed by atoms with Gasteiger partial charge in [0.25, 0.3) is 0 Å². The molecule has 1 saturated heterocycles. The maximum absolute atomic E-state index is 5.88. The molecule has 5 nitrogen and oxygen atoms in total. The number of hydrogen-bond donors (Lipinski definition) is 0. The third-order valence-corrected chi connectivity index (χ3v) is 7.60. The first-order chi connectivity index (χ1) is 14.4. The molecule has 0 N–H and O–H groups in total. The third-order valence-electron chi connectivity index (χ3n) is 4.79. The van der Waals surface area contributed by atoms with E-state index in [1.807, 2.05) is 18.2 Å². The quantitative estimate of drug-likeness (QED) is 0.350. The van der Waals surface area contributed by atoms with Crippen molar-refractivity contribution in [2.45, 2.75) is 36.4 Å². The summed E-state index contributed by atoms with van der Waals surface area (Å²) in [6.45, 7) is 1.65. The van der Waals surface area contributed by atoms with Gasteiger partial charge in [-0.2, -0.15) is 0 Å². The second-order valence-corrected chi connectivity index (χ2v) is 9.58. The van der Waals surface area contributed by atoms with Crippen LogP contribution < -0.4 is 0 Å². The number of thiazole rings is 1. The number of nitrogens with zero attached hydrogens (tertiary/aromatic N) is 4. The van der Waals surface area contributed by atoms with E-state index in [0.29, 0.717) is 0 Å². The van der Waals surface area contributed by atoms with Crippen LogP contribution in [0.3, 0.4) is 0 Å². The van der Waals surface area contributed by atoms with Crippen LogP contribution in [-0.4, -0.2) is 32.5 Å². The van der Waals surface area contributed by atoms with Gasteiger partial charge in [-0.05, 0) is 24.3 Å². The predicted molar refractivity (Wildman–Crippen MR) is 119 cm³/mol. The molecule has 1 atom stereocenters. The van der Waals surface area contributed by atoms with Crippen LogP contribution in [0, 0.1) is 0 Å². The van der Waals surface area contributed by atoms with E-state index >= 15 is 0 Å². The van der Waals surface area contributed by atoms with Crippen LogP contribution in [0.15, 0.2) is 58.4 Å². The van der Waals surface area contributed by atoms with Crippen LogP contribution in [0.25, 0.3) is 21.3 Å². The molecule has 0 radical (unpaired) electrons. The molecule has 0 unspecified atom stereocenters. The molecule has 4 aromatic rings. The number of thiophene rings is 1. The summed E-state index contributed by atoms with van der Waals surface area (Å²) in [7, 11) is 0. The lowest BCUT2D eigenvalue weighted by Gasteiger charge is -2.14. The van der Waals surface area contributed by atoms with Crippen molar-refractivity contribution in [3.05, 3.63) is 58.9 Å². The van der Waals surface area contributed by atoms with Crippen molar-refractivity contribution in [2.24, 2.45) is 0 Å². The standard InChI is InChI=1S/C21H20N4OS3/c1-2-6-15(7-3-1)20-22-16(13-28-20)14-29-21-24-23-19(18-9-5-11-27-18)25(21)12-17-8-4-10-26-17/h1-3,5-7,9,11,13,17H,4,8,10,12,14H2/t17-/m1/s1. The molecule has 1 fully saturated rings. The Bertz CT molecular complexity index is 1050. The fraction of sp³-hybridized carbons (Fsp3) is 0.286. The highest BCUT2D eigenvalue weighted by Crippen LogP contribution is 2.31. The second-order valence-electron chi connectivity index (χ2n) is 6.83. The molecule has 1 aromatic carbocycles. The topological polar surface area (TPSA) is 52.8 Å². The molecule has 0 amide bonds. The van der Waals surface area contributed by atoms with Gasteiger partial charge < -0.3 is 4.74 Å². The zero-order chi connectivity index (χ0) is 19.5. The average molecular weight is 441 g/mol. The van der Waals surface area contributed by atoms with Crippen molar-refractivity contribution < 1.29 is 4.74 Å². The summed E-state index contributed by atoms with van der Waals surface area (Å²) in [6.07, 6.45) is 2.47. The van der Waals surface area contributed by atoms with Crippen molar-refractivity contribution in [1.82, 2.24) is 19.7 Å². The molecule has 4 heterocycles. The molecule has 5 rings (SSSR count). The lowest BCUT2D eigenvalue weighted by atomic mass is 10.2. The molecular formula is C21H20N4OS3. The Labute approximate surface area is 181 Å². The van der Waals surface area contributed by atoms with Gasteiger partial charge in [0.1, 0.15) is 5.01 Å². The molecule has 8 heteroatoms. The van der Waals surface area contributed by atoms with E-state index in [4.69, 9.17) is 9.72 Å². The van der Waals surface area contributed by atoms with Gasteiger partial charge in [-0.15, -0.1) is 32.9 Å². The lowest BCUT2D eigenvalue weighted by Crippen LogP contribution is -2.16. The number of hydrogen-bond acceptors (Lipinski definition) is 7. The minimum Gasteiger partial charge on any atom is -0.376 e. The van der Waals surface area contributed by atoms with Gasteiger partial charge in [0, 0.05) is 23.3 Å². The zero-order valence-electron chi connectivity index (χ0n) is 15.7. The molecular weight excluding hydrogens is 420 g/mol. The number of thioether (sulfide) groups is 1. The van der Waals surface area contributed by atoms with Crippen LogP contribution in [-0.2, 0) is 17.0 Å². The Morgan fingerprint density at radius 2 is 2.03 bits per heavy atom. The number of aromatic nitrogens is 4. The molecule has 29 heavy (non-hydrogen) atoms. The minimum atomic E-state index is 0.244. The Morgan fingerprint density at radius 1 is 1.10 bits per heavy atom. The summed E-state index contributed by atoms with van der Waals surface area (Å²) < 4.78 is 8.10. The first-order valence-electron chi connectivity index (χ1n) is 9.58. The molecule has 0 aliphatic carbocycles. The van der Waals surface area contributed by atoms with Crippen LogP contribution in [0.4, 0.5) is 0 Å². The summed E-state index contributed by atoms with van der Waals surface area (Å²) in [5, 5.41) is 15.2. The van der Waals surface area contributed by atoms with Crippen molar-refractivity contribution in [3.63, 3.8) is 0 Å². The van der Waals surface area contributed by atoms with E-state index in [2.05, 4.69) is 49.8 Å². The lowest BCUT2D eigenvalue weighted by molar-refractivity contribution is 0.0953. The second kappa shape index (κ2) is 8.79. The van der Waals surface area contributed by atoms with Crippen molar-refractivity contribution >= 4 is 34.4 Å². The third kappa shape index (κ3) is 4.30. The normalized spacial score (nSPS) is 16.5. The van der Waals surface area contributed by atoms with Gasteiger partial charge in [0.15, 0.2) is 11.0 Å². The number of rotatable bonds is 7. The zero-order valence-corrected chi connectivity index (χ0v) is 18.2. The van der Waals surface area contributed by atoms with Crippen molar-refractivity contribution in [2.75, 3.05) is 6.61 Å². The highest BCUT2D eigenvalue weighted by Gasteiger charge is 2.22. The van der Waals surface area contributed by atoms with Crippen molar-refractivity contribution in [1.29, 1.82) is 0 Å². The first kappa shape index (κ1) is 19.0. The van der Waals surface area contributed by atoms with E-state index in [1.54, 1.807) is 34.4 Å². The predicted octanol–water partition coefficient (Wildman–Crippen LogP) is 5.60. The Hall–Kier alpha value is -2.00. The summed E-state index contributed by atoms with van der Waals surface area (Å²) >= 11 is 5.07. The molecule has 3 aromatic heterocycles. The van der Waals surface area contributed by atoms with Gasteiger partial charge in [-0.1, -0.05) is 48.2 Å². The minimum absolute atomic E-state index is 0.244. The van der Waals surface area contributed by atoms with Crippen LogP contribution in [0.5, 0.6) is 0 Å². The Kier molecular flexibility index (Phi) is 5.76. The highest BCUT2D eigenvalue weighted by molar-refractivity contribution is 7.98. The van der Waals surface area contributed by atoms with E-state index in [1.165, 1.54) is 0 Å². The molecule has 0 saturated carbocycles. The van der Waals surface area contributed by atoms with E-state index in [9.17, 15) is 0 Å². The molecule has 0 bridgehead atoms. The summed E-state index contributed by atoms with van der Waals surface area (Å²) in [5.74, 6) is 1.71. The maximum Gasteiger partial charge on any atom is 0.191 e. The number of ether oxygens (including phenoxy) is 1. The summed E-state index contributed by atoms with van der Waals surface area (Å²) in [6, 6.07) is 14.5. The van der Waals surface area contributed by atoms with E-state index in [0.717, 1.165) is 63.9 Å². The van der Waals surface area contributed by atoms with E-state index < -0.39 is 0 Å². The van der Waals surface area contributed by atoms with Crippen molar-refractivity contribution in [3.8, 4) is 21.3 Å². The van der Waals surface area contributed by atoms with Gasteiger partial charge in [-0.25, -0.2) is 4.98 Å². The molecule has 148 valence electrons. The number of benzene rings is 1. The largest absolute Gasteiger partial charge is 0.376 e. The fourth-order valence-corrected chi connectivity index (χ4v) is 5.85. The van der Waals surface area contributed by atoms with Crippen LogP contribution >= 0.6 is 34.4 Å². The van der Waals surface area contributed by atoms with Gasteiger partial charge in [0.2, 0.25) is 0 Å². The first-order valence-corrected chi connectivity index (χ1v) is 12.3. The van der Waals surface area contributed by atoms with Gasteiger partial charge >= 0.3 is 0 Å². The smallest absolute Gasteiger partial charge is 0.191 e. The van der Waals surface area contributed by atoms with E-state index in [-0.39, 0.29) is 6.10 Å². The average Bonchev–Trinajstić information content (AvgIpc) is 3.54. The SMILES string of the molecule is c1ccc(-c2nc(CSc3nnc(-c4cccs4)n3C[C@H]3CCCO3)cs2)cc1. The fourth-order valence-electron chi connectivity index (χ4n) is 3.37. The monoisotopic (exact) mass is 440 g/mol. The molecule has 1 aliphatic heterocycles. The van der Waals surface area contributed by atoms with Gasteiger partial charge in [-0.3, -0.25) is 4.57 Å². The molecule has 1 aliphatic rings. The Balaban J connectivity index is 1.35. The van der Waals surface area contributed by atoms with Crippen LogP contribution in [0.1, 0.15) is 18.5 Å². The summed E-state index contributed by atoms with van der Waals surface area (Å²) in [5.41, 5.74) is 2.23. The van der Waals surface area contributed by atoms with Crippen LogP contribution in [0.2, 0.25) is 0 Å². The summed E-state index contributed by atoms with van der Waals surface area (Å²) in [4.78, 5) is 5.94. The Morgan fingerprint density at radius 3 is 2.83 bits per heavy atom. The van der Waals surface area contributed by atoms with Gasteiger partial charge in [0.05, 0.1) is 23.2 Å². The maximum atomic E-state index is 5.88. The highest BCUT2D eigenvalue weighted by atomic mass is 32.2. The molecule has 0 spiro atoms.